The Kier molecular flexibility index (Phi) is 4.14. The second-order valence-electron chi connectivity index (χ2n) is 5.36. The van der Waals surface area contributed by atoms with Crippen LogP contribution in [0, 0.1) is 0 Å². The molecule has 1 amide bonds. The molecule has 0 radical (unpaired) electrons. The second kappa shape index (κ2) is 6.74. The maximum absolute atomic E-state index is 12.4. The van der Waals surface area contributed by atoms with Gasteiger partial charge in [0.1, 0.15) is 10.7 Å². The number of nitrogens with one attached hydrogen (secondary N) is 1. The molecule has 122 valence electrons. The molecular weight excluding hydrogens is 334 g/mol. The van der Waals surface area contributed by atoms with Crippen LogP contribution < -0.4 is 5.32 Å². The monoisotopic (exact) mass is 347 g/mol. The van der Waals surface area contributed by atoms with Crippen molar-refractivity contribution in [3.63, 3.8) is 0 Å². The van der Waals surface area contributed by atoms with Gasteiger partial charge in [-0.25, -0.2) is 4.98 Å². The fourth-order valence-corrected chi connectivity index (χ4v) is 3.14. The van der Waals surface area contributed by atoms with Crippen LogP contribution in [0.15, 0.2) is 60.8 Å². The first-order valence-corrected chi connectivity index (χ1v) is 8.49. The Balaban J connectivity index is 1.48. The molecule has 25 heavy (non-hydrogen) atoms. The van der Waals surface area contributed by atoms with Gasteiger partial charge in [0.2, 0.25) is 5.13 Å². The second-order valence-corrected chi connectivity index (χ2v) is 6.42. The van der Waals surface area contributed by atoms with Crippen LogP contribution in [-0.2, 0) is 6.42 Å². The minimum atomic E-state index is -0.347. The van der Waals surface area contributed by atoms with Gasteiger partial charge in [-0.1, -0.05) is 53.8 Å². The van der Waals surface area contributed by atoms with Crippen molar-refractivity contribution in [2.45, 2.75) is 6.42 Å². The fourth-order valence-electron chi connectivity index (χ4n) is 2.37. The summed E-state index contributed by atoms with van der Waals surface area (Å²) in [5.41, 5.74) is 2.83. The minimum Gasteiger partial charge on any atom is -0.295 e. The average Bonchev–Trinajstić information content (AvgIpc) is 3.09. The Labute approximate surface area is 147 Å². The van der Waals surface area contributed by atoms with Gasteiger partial charge < -0.3 is 0 Å². The highest BCUT2D eigenvalue weighted by molar-refractivity contribution is 7.15. The molecule has 4 aromatic rings. The predicted molar refractivity (Wildman–Crippen MR) is 96.6 cm³/mol. The van der Waals surface area contributed by atoms with Gasteiger partial charge in [-0.15, -0.1) is 10.2 Å². The van der Waals surface area contributed by atoms with E-state index in [1.54, 1.807) is 0 Å². The number of para-hydroxylation sites is 2. The van der Waals surface area contributed by atoms with Crippen LogP contribution in [-0.4, -0.2) is 26.1 Å². The lowest BCUT2D eigenvalue weighted by molar-refractivity contribution is 0.102. The Morgan fingerprint density at radius 3 is 2.56 bits per heavy atom. The molecule has 7 heteroatoms. The summed E-state index contributed by atoms with van der Waals surface area (Å²) in [4.78, 5) is 20.9. The van der Waals surface area contributed by atoms with Crippen LogP contribution in [0.5, 0.6) is 0 Å². The number of rotatable bonds is 4. The zero-order valence-corrected chi connectivity index (χ0v) is 13.9. The topological polar surface area (TPSA) is 80.7 Å². The van der Waals surface area contributed by atoms with Crippen LogP contribution in [0.1, 0.15) is 21.1 Å². The number of carbonyl (C=O) groups excluding carboxylic acids is 1. The lowest BCUT2D eigenvalue weighted by Crippen LogP contribution is -2.14. The van der Waals surface area contributed by atoms with Gasteiger partial charge in [0.15, 0.2) is 0 Å². The van der Waals surface area contributed by atoms with Gasteiger partial charge in [0.25, 0.3) is 5.91 Å². The molecule has 0 aliphatic heterocycles. The summed E-state index contributed by atoms with van der Waals surface area (Å²) >= 11 is 1.35. The number of amides is 1. The third-order valence-electron chi connectivity index (χ3n) is 3.57. The first-order valence-electron chi connectivity index (χ1n) is 7.67. The molecule has 0 atom stereocenters. The van der Waals surface area contributed by atoms with Gasteiger partial charge >= 0.3 is 0 Å². The quantitative estimate of drug-likeness (QED) is 0.612. The summed E-state index contributed by atoms with van der Waals surface area (Å²) < 4.78 is 0. The SMILES string of the molecule is O=C(Nc1nnc(Cc2ccccc2)s1)c1cnc2ccccc2n1. The molecule has 0 saturated heterocycles. The van der Waals surface area contributed by atoms with E-state index in [1.165, 1.54) is 17.5 Å². The van der Waals surface area contributed by atoms with E-state index < -0.39 is 0 Å². The molecule has 4 rings (SSSR count). The van der Waals surface area contributed by atoms with Crippen molar-refractivity contribution in [2.75, 3.05) is 5.32 Å². The van der Waals surface area contributed by atoms with Crippen LogP contribution >= 0.6 is 11.3 Å². The van der Waals surface area contributed by atoms with E-state index in [1.807, 2.05) is 54.6 Å². The molecule has 6 nitrogen and oxygen atoms in total. The van der Waals surface area contributed by atoms with E-state index in [4.69, 9.17) is 0 Å². The Hall–Kier alpha value is -3.19. The number of aromatic nitrogens is 4. The maximum atomic E-state index is 12.4. The maximum Gasteiger partial charge on any atom is 0.277 e. The molecule has 0 spiro atoms. The highest BCUT2D eigenvalue weighted by atomic mass is 32.1. The molecule has 2 aromatic heterocycles. The molecule has 0 saturated carbocycles. The number of carbonyl (C=O) groups is 1. The highest BCUT2D eigenvalue weighted by Gasteiger charge is 2.13. The van der Waals surface area contributed by atoms with E-state index >= 15 is 0 Å². The third kappa shape index (κ3) is 3.51. The predicted octanol–water partition coefficient (Wildman–Crippen LogP) is 3.32. The van der Waals surface area contributed by atoms with Gasteiger partial charge in [-0.2, -0.15) is 0 Å². The summed E-state index contributed by atoms with van der Waals surface area (Å²) in [6.07, 6.45) is 2.15. The van der Waals surface area contributed by atoms with Crippen molar-refractivity contribution in [3.8, 4) is 0 Å². The first kappa shape index (κ1) is 15.3. The van der Waals surface area contributed by atoms with E-state index in [0.29, 0.717) is 17.1 Å². The highest BCUT2D eigenvalue weighted by Crippen LogP contribution is 2.19. The molecule has 0 unspecified atom stereocenters. The van der Waals surface area contributed by atoms with E-state index in [2.05, 4.69) is 25.5 Å². The summed E-state index contributed by atoms with van der Waals surface area (Å²) in [6.45, 7) is 0. The van der Waals surface area contributed by atoms with E-state index in [-0.39, 0.29) is 11.6 Å². The number of benzene rings is 2. The largest absolute Gasteiger partial charge is 0.295 e. The molecule has 0 aliphatic rings. The van der Waals surface area contributed by atoms with Crippen LogP contribution in [0.3, 0.4) is 0 Å². The standard InChI is InChI=1S/C18H13N5OS/c24-17(15-11-19-13-8-4-5-9-14(13)20-15)21-18-23-22-16(25-18)10-12-6-2-1-3-7-12/h1-9,11H,10H2,(H,21,23,24). The number of hydrogen-bond donors (Lipinski definition) is 1. The summed E-state index contributed by atoms with van der Waals surface area (Å²) in [7, 11) is 0. The number of fused-ring (bicyclic) bond motifs is 1. The van der Waals surface area contributed by atoms with Crippen LogP contribution in [0.4, 0.5) is 5.13 Å². The number of hydrogen-bond acceptors (Lipinski definition) is 6. The normalized spacial score (nSPS) is 10.7. The molecule has 0 aliphatic carbocycles. The van der Waals surface area contributed by atoms with Crippen LogP contribution in [0.25, 0.3) is 11.0 Å². The summed E-state index contributed by atoms with van der Waals surface area (Å²) in [5.74, 6) is -0.347. The molecule has 2 aromatic carbocycles. The molecular formula is C18H13N5OS. The lowest BCUT2D eigenvalue weighted by atomic mass is 10.2. The lowest BCUT2D eigenvalue weighted by Gasteiger charge is -2.01. The van der Waals surface area contributed by atoms with Crippen molar-refractivity contribution in [1.82, 2.24) is 20.2 Å². The molecule has 0 fully saturated rings. The Morgan fingerprint density at radius 1 is 0.960 bits per heavy atom. The molecule has 1 N–H and O–H groups in total. The van der Waals surface area contributed by atoms with Crippen LogP contribution in [0.2, 0.25) is 0 Å². The van der Waals surface area contributed by atoms with Crippen molar-refractivity contribution in [1.29, 1.82) is 0 Å². The van der Waals surface area contributed by atoms with Gasteiger partial charge in [-0.3, -0.25) is 15.1 Å². The number of nitrogens with zero attached hydrogens (tertiary/aromatic N) is 4. The van der Waals surface area contributed by atoms with Gasteiger partial charge in [0.05, 0.1) is 17.2 Å². The average molecular weight is 347 g/mol. The molecule has 2 heterocycles. The zero-order chi connectivity index (χ0) is 17.1. The summed E-state index contributed by atoms with van der Waals surface area (Å²) in [5, 5.41) is 12.2. The van der Waals surface area contributed by atoms with Gasteiger partial charge in [0, 0.05) is 6.42 Å². The van der Waals surface area contributed by atoms with Crippen molar-refractivity contribution >= 4 is 33.4 Å². The third-order valence-corrected chi connectivity index (χ3v) is 4.41. The van der Waals surface area contributed by atoms with E-state index in [0.717, 1.165) is 16.1 Å². The first-order chi connectivity index (χ1) is 12.3. The smallest absolute Gasteiger partial charge is 0.277 e. The number of anilines is 1. The van der Waals surface area contributed by atoms with Crippen molar-refractivity contribution < 1.29 is 4.79 Å². The van der Waals surface area contributed by atoms with Gasteiger partial charge in [-0.05, 0) is 17.7 Å². The van der Waals surface area contributed by atoms with E-state index in [9.17, 15) is 4.79 Å². The molecule has 0 bridgehead atoms. The minimum absolute atomic E-state index is 0.249. The Bertz CT molecular complexity index is 1030. The fraction of sp³-hybridized carbons (Fsp3) is 0.0556. The zero-order valence-electron chi connectivity index (χ0n) is 13.1. The van der Waals surface area contributed by atoms with Crippen molar-refractivity contribution in [3.05, 3.63) is 77.1 Å². The summed E-state index contributed by atoms with van der Waals surface area (Å²) in [6, 6.07) is 17.4. The van der Waals surface area contributed by atoms with Crippen molar-refractivity contribution in [2.24, 2.45) is 0 Å². The Morgan fingerprint density at radius 2 is 1.72 bits per heavy atom.